The highest BCUT2D eigenvalue weighted by atomic mass is 16.6. The third-order valence-electron chi connectivity index (χ3n) is 3.65. The minimum atomic E-state index is -0.494. The Hall–Kier alpha value is -2.04. The van der Waals surface area contributed by atoms with E-state index in [9.17, 15) is 9.59 Å². The molecule has 23 heavy (non-hydrogen) atoms. The van der Waals surface area contributed by atoms with Crippen LogP contribution in [-0.2, 0) is 9.47 Å². The summed E-state index contributed by atoms with van der Waals surface area (Å²) in [5, 5.41) is 0. The first-order valence-corrected chi connectivity index (χ1v) is 8.00. The number of hydrogen-bond acceptors (Lipinski definition) is 4. The zero-order chi connectivity index (χ0) is 17.0. The Bertz CT molecular complexity index is 551. The maximum atomic E-state index is 12.1. The van der Waals surface area contributed by atoms with Crippen molar-refractivity contribution in [1.29, 1.82) is 0 Å². The lowest BCUT2D eigenvalue weighted by Crippen LogP contribution is -2.43. The maximum Gasteiger partial charge on any atom is 0.410 e. The van der Waals surface area contributed by atoms with Gasteiger partial charge in [-0.15, -0.1) is 0 Å². The molecule has 1 saturated heterocycles. The highest BCUT2D eigenvalue weighted by molar-refractivity contribution is 5.89. The molecule has 5 nitrogen and oxygen atoms in total. The van der Waals surface area contributed by atoms with Gasteiger partial charge in [0.15, 0.2) is 0 Å². The lowest BCUT2D eigenvalue weighted by molar-refractivity contribution is -0.00339. The second kappa shape index (κ2) is 7.02. The molecule has 0 N–H and O–H groups in total. The predicted molar refractivity (Wildman–Crippen MR) is 87.4 cm³/mol. The van der Waals surface area contributed by atoms with Crippen molar-refractivity contribution < 1.29 is 19.1 Å². The molecule has 1 amide bonds. The van der Waals surface area contributed by atoms with Crippen molar-refractivity contribution >= 4 is 12.1 Å². The number of likely N-dealkylation sites (tertiary alicyclic amines) is 1. The van der Waals surface area contributed by atoms with E-state index >= 15 is 0 Å². The second-order valence-corrected chi connectivity index (χ2v) is 6.94. The van der Waals surface area contributed by atoms with Gasteiger partial charge in [0.25, 0.3) is 0 Å². The van der Waals surface area contributed by atoms with Gasteiger partial charge >= 0.3 is 12.1 Å². The van der Waals surface area contributed by atoms with Gasteiger partial charge < -0.3 is 14.4 Å². The first kappa shape index (κ1) is 17.3. The van der Waals surface area contributed by atoms with Gasteiger partial charge in [0.05, 0.1) is 5.56 Å². The molecule has 0 radical (unpaired) electrons. The molecule has 5 heteroatoms. The van der Waals surface area contributed by atoms with Crippen LogP contribution in [0.1, 0.15) is 49.5 Å². The Balaban J connectivity index is 1.81. The molecule has 0 unspecified atom stereocenters. The van der Waals surface area contributed by atoms with Gasteiger partial charge in [-0.1, -0.05) is 17.7 Å². The smallest absolute Gasteiger partial charge is 0.410 e. The summed E-state index contributed by atoms with van der Waals surface area (Å²) in [4.78, 5) is 25.8. The molecule has 0 aliphatic carbocycles. The van der Waals surface area contributed by atoms with Crippen molar-refractivity contribution in [1.82, 2.24) is 4.90 Å². The first-order valence-electron chi connectivity index (χ1n) is 8.00. The monoisotopic (exact) mass is 319 g/mol. The number of amides is 1. The highest BCUT2D eigenvalue weighted by Gasteiger charge is 2.28. The summed E-state index contributed by atoms with van der Waals surface area (Å²) in [6, 6.07) is 7.32. The van der Waals surface area contributed by atoms with Crippen molar-refractivity contribution in [3.8, 4) is 0 Å². The van der Waals surface area contributed by atoms with Crippen LogP contribution in [0.3, 0.4) is 0 Å². The maximum absolute atomic E-state index is 12.1. The zero-order valence-electron chi connectivity index (χ0n) is 14.3. The number of rotatable bonds is 2. The number of carbonyl (C=O) groups is 2. The van der Waals surface area contributed by atoms with Crippen LogP contribution in [-0.4, -0.2) is 41.8 Å². The standard InChI is InChI=1S/C18H25NO4/c1-13-5-7-14(8-6-13)16(20)22-15-9-11-19(12-10-15)17(21)23-18(2,3)4/h5-8,15H,9-12H2,1-4H3. The van der Waals surface area contributed by atoms with Crippen LogP contribution < -0.4 is 0 Å². The molecule has 0 bridgehead atoms. The van der Waals surface area contributed by atoms with Crippen LogP contribution in [0.4, 0.5) is 4.79 Å². The van der Waals surface area contributed by atoms with E-state index in [1.807, 2.05) is 39.8 Å². The van der Waals surface area contributed by atoms with Gasteiger partial charge in [-0.3, -0.25) is 0 Å². The summed E-state index contributed by atoms with van der Waals surface area (Å²) < 4.78 is 10.9. The number of nitrogens with zero attached hydrogens (tertiary/aromatic N) is 1. The van der Waals surface area contributed by atoms with E-state index < -0.39 is 5.60 Å². The minimum Gasteiger partial charge on any atom is -0.459 e. The Morgan fingerprint density at radius 2 is 1.65 bits per heavy atom. The Labute approximate surface area is 137 Å². The van der Waals surface area contributed by atoms with Gasteiger partial charge in [0, 0.05) is 25.9 Å². The van der Waals surface area contributed by atoms with Gasteiger partial charge in [-0.25, -0.2) is 9.59 Å². The molecule has 1 heterocycles. The normalized spacial score (nSPS) is 16.1. The van der Waals surface area contributed by atoms with E-state index in [1.165, 1.54) is 0 Å². The van der Waals surface area contributed by atoms with Crippen LogP contribution in [0, 0.1) is 6.92 Å². The van der Waals surface area contributed by atoms with E-state index in [4.69, 9.17) is 9.47 Å². The molecular formula is C18H25NO4. The summed E-state index contributed by atoms with van der Waals surface area (Å²) in [6.07, 6.45) is 0.816. The van der Waals surface area contributed by atoms with Crippen molar-refractivity contribution in [2.75, 3.05) is 13.1 Å². The average Bonchev–Trinajstić information content (AvgIpc) is 2.46. The third kappa shape index (κ3) is 5.27. The Morgan fingerprint density at radius 1 is 1.09 bits per heavy atom. The van der Waals surface area contributed by atoms with Crippen molar-refractivity contribution in [3.63, 3.8) is 0 Å². The van der Waals surface area contributed by atoms with Gasteiger partial charge in [-0.05, 0) is 39.8 Å². The van der Waals surface area contributed by atoms with E-state index in [2.05, 4.69) is 0 Å². The lowest BCUT2D eigenvalue weighted by atomic mass is 10.1. The number of ether oxygens (including phenoxy) is 2. The summed E-state index contributed by atoms with van der Waals surface area (Å²) in [6.45, 7) is 8.60. The highest BCUT2D eigenvalue weighted by Crippen LogP contribution is 2.18. The quantitative estimate of drug-likeness (QED) is 0.782. The molecule has 0 aromatic heterocycles. The number of piperidine rings is 1. The van der Waals surface area contributed by atoms with Crippen LogP contribution in [0.15, 0.2) is 24.3 Å². The third-order valence-corrected chi connectivity index (χ3v) is 3.65. The number of aryl methyl sites for hydroxylation is 1. The summed E-state index contributed by atoms with van der Waals surface area (Å²) >= 11 is 0. The number of esters is 1. The summed E-state index contributed by atoms with van der Waals surface area (Å²) in [5.41, 5.74) is 1.17. The Kier molecular flexibility index (Phi) is 5.29. The van der Waals surface area contributed by atoms with Crippen molar-refractivity contribution in [2.45, 2.75) is 52.2 Å². The van der Waals surface area contributed by atoms with Crippen LogP contribution in [0.25, 0.3) is 0 Å². The molecule has 2 rings (SSSR count). The number of carbonyl (C=O) groups excluding carboxylic acids is 2. The first-order chi connectivity index (χ1) is 10.7. The molecule has 126 valence electrons. The van der Waals surface area contributed by atoms with E-state index in [-0.39, 0.29) is 18.2 Å². The molecule has 0 spiro atoms. The van der Waals surface area contributed by atoms with E-state index in [1.54, 1.807) is 17.0 Å². The number of hydrogen-bond donors (Lipinski definition) is 0. The SMILES string of the molecule is Cc1ccc(C(=O)OC2CCN(C(=O)OC(C)(C)C)CC2)cc1. The van der Waals surface area contributed by atoms with Gasteiger partial charge in [0.2, 0.25) is 0 Å². The fourth-order valence-electron chi connectivity index (χ4n) is 2.39. The van der Waals surface area contributed by atoms with Gasteiger partial charge in [0.1, 0.15) is 11.7 Å². The largest absolute Gasteiger partial charge is 0.459 e. The van der Waals surface area contributed by atoms with Gasteiger partial charge in [-0.2, -0.15) is 0 Å². The predicted octanol–water partition coefficient (Wildman–Crippen LogP) is 3.55. The minimum absolute atomic E-state index is 0.150. The average molecular weight is 319 g/mol. The molecule has 1 fully saturated rings. The van der Waals surface area contributed by atoms with Crippen LogP contribution in [0.5, 0.6) is 0 Å². The molecule has 1 aromatic rings. The molecule has 0 saturated carbocycles. The zero-order valence-corrected chi connectivity index (χ0v) is 14.3. The summed E-state index contributed by atoms with van der Waals surface area (Å²) in [5.74, 6) is -0.305. The van der Waals surface area contributed by atoms with Crippen LogP contribution in [0.2, 0.25) is 0 Å². The fourth-order valence-corrected chi connectivity index (χ4v) is 2.39. The van der Waals surface area contributed by atoms with Crippen molar-refractivity contribution in [3.05, 3.63) is 35.4 Å². The molecular weight excluding hydrogens is 294 g/mol. The molecule has 1 aliphatic heterocycles. The van der Waals surface area contributed by atoms with E-state index in [0.29, 0.717) is 31.5 Å². The lowest BCUT2D eigenvalue weighted by Gasteiger charge is -2.33. The number of benzene rings is 1. The second-order valence-electron chi connectivity index (χ2n) is 6.94. The molecule has 1 aliphatic rings. The van der Waals surface area contributed by atoms with Crippen molar-refractivity contribution in [2.24, 2.45) is 0 Å². The fraction of sp³-hybridized carbons (Fsp3) is 0.556. The Morgan fingerprint density at radius 3 is 2.17 bits per heavy atom. The van der Waals surface area contributed by atoms with E-state index in [0.717, 1.165) is 5.56 Å². The molecule has 1 aromatic carbocycles. The topological polar surface area (TPSA) is 55.8 Å². The summed E-state index contributed by atoms with van der Waals surface area (Å²) in [7, 11) is 0. The molecule has 0 atom stereocenters. The van der Waals surface area contributed by atoms with Crippen LogP contribution >= 0.6 is 0 Å².